The van der Waals surface area contributed by atoms with Gasteiger partial charge in [-0.3, -0.25) is 4.99 Å². The number of hydrogen-bond donors (Lipinski definition) is 1. The number of sulfone groups is 2. The smallest absolute Gasteiger partial charge is 0.194 e. The second-order valence-electron chi connectivity index (χ2n) is 7.73. The minimum Gasteiger partial charge on any atom is -0.354 e. The van der Waals surface area contributed by atoms with Gasteiger partial charge in [0.2, 0.25) is 0 Å². The number of nitrogens with zero attached hydrogens (tertiary/aromatic N) is 2. The summed E-state index contributed by atoms with van der Waals surface area (Å²) in [6, 6.07) is 0.165. The number of nitrogens with one attached hydrogen (secondary N) is 1. The summed E-state index contributed by atoms with van der Waals surface area (Å²) in [5.74, 6) is 1.29. The zero-order chi connectivity index (χ0) is 18.2. The van der Waals surface area contributed by atoms with Gasteiger partial charge in [0.1, 0.15) is 0 Å². The molecule has 0 bridgehead atoms. The first-order valence-corrected chi connectivity index (χ1v) is 11.9. The van der Waals surface area contributed by atoms with Crippen LogP contribution >= 0.6 is 0 Å². The Morgan fingerprint density at radius 1 is 1.25 bits per heavy atom. The SMILES string of the molecule is CC(C)NC(=NCC1CCS(=O)(=O)C1)N1CCS(=O)(=O)C(C)(C)C1. The number of guanidine groups is 1. The highest BCUT2D eigenvalue weighted by molar-refractivity contribution is 7.92. The van der Waals surface area contributed by atoms with Crippen LogP contribution in [0.25, 0.3) is 0 Å². The third-order valence-corrected chi connectivity index (χ3v) is 8.96. The summed E-state index contributed by atoms with van der Waals surface area (Å²) in [4.78, 5) is 6.60. The Kier molecular flexibility index (Phi) is 5.54. The van der Waals surface area contributed by atoms with Crippen molar-refractivity contribution in [1.29, 1.82) is 0 Å². The van der Waals surface area contributed by atoms with E-state index in [9.17, 15) is 16.8 Å². The second kappa shape index (κ2) is 6.82. The molecule has 0 aromatic carbocycles. The number of rotatable bonds is 3. The van der Waals surface area contributed by atoms with E-state index in [2.05, 4.69) is 10.3 Å². The lowest BCUT2D eigenvalue weighted by Crippen LogP contribution is -2.58. The molecule has 2 aliphatic heterocycles. The zero-order valence-electron chi connectivity index (χ0n) is 14.9. The van der Waals surface area contributed by atoms with Gasteiger partial charge in [0.15, 0.2) is 25.6 Å². The highest BCUT2D eigenvalue weighted by Crippen LogP contribution is 2.24. The lowest BCUT2D eigenvalue weighted by Gasteiger charge is -2.39. The summed E-state index contributed by atoms with van der Waals surface area (Å²) >= 11 is 0. The van der Waals surface area contributed by atoms with Crippen molar-refractivity contribution in [3.05, 3.63) is 0 Å². The Labute approximate surface area is 145 Å². The molecule has 0 spiro atoms. The van der Waals surface area contributed by atoms with Crippen molar-refractivity contribution in [2.75, 3.05) is 36.9 Å². The maximum Gasteiger partial charge on any atom is 0.194 e. The fourth-order valence-corrected chi connectivity index (χ4v) is 6.27. The molecular weight excluding hydrogens is 350 g/mol. The van der Waals surface area contributed by atoms with Crippen LogP contribution in [-0.2, 0) is 19.7 Å². The molecule has 7 nitrogen and oxygen atoms in total. The number of aliphatic imine (C=N–C) groups is 1. The summed E-state index contributed by atoms with van der Waals surface area (Å²) in [5, 5.41) is 3.29. The van der Waals surface area contributed by atoms with Gasteiger partial charge in [-0.25, -0.2) is 16.8 Å². The van der Waals surface area contributed by atoms with E-state index in [4.69, 9.17) is 0 Å². The van der Waals surface area contributed by atoms with E-state index in [0.29, 0.717) is 32.0 Å². The van der Waals surface area contributed by atoms with Crippen molar-refractivity contribution < 1.29 is 16.8 Å². The first kappa shape index (κ1) is 19.5. The van der Waals surface area contributed by atoms with Gasteiger partial charge in [0.05, 0.1) is 22.0 Å². The van der Waals surface area contributed by atoms with Crippen LogP contribution in [0.2, 0.25) is 0 Å². The van der Waals surface area contributed by atoms with Crippen LogP contribution in [0.5, 0.6) is 0 Å². The van der Waals surface area contributed by atoms with Gasteiger partial charge in [-0.15, -0.1) is 0 Å². The lowest BCUT2D eigenvalue weighted by atomic mass is 10.1. The summed E-state index contributed by atoms with van der Waals surface area (Å²) in [7, 11) is -6.01. The molecule has 2 saturated heterocycles. The van der Waals surface area contributed by atoms with Gasteiger partial charge in [-0.1, -0.05) is 0 Å². The molecule has 0 aromatic heterocycles. The van der Waals surface area contributed by atoms with Crippen LogP contribution in [0, 0.1) is 5.92 Å². The molecule has 9 heteroatoms. The maximum atomic E-state index is 12.2. The van der Waals surface area contributed by atoms with E-state index in [-0.39, 0.29) is 29.2 Å². The van der Waals surface area contributed by atoms with Crippen molar-refractivity contribution in [3.63, 3.8) is 0 Å². The molecular formula is C15H29N3O4S2. The maximum absolute atomic E-state index is 12.2. The van der Waals surface area contributed by atoms with Crippen LogP contribution in [0.3, 0.4) is 0 Å². The quantitative estimate of drug-likeness (QED) is 0.559. The predicted octanol–water partition coefficient (Wildman–Crippen LogP) is 0.284. The summed E-state index contributed by atoms with van der Waals surface area (Å²) < 4.78 is 46.7. The third-order valence-electron chi connectivity index (χ3n) is 4.59. The van der Waals surface area contributed by atoms with E-state index in [1.807, 2.05) is 18.7 Å². The van der Waals surface area contributed by atoms with Gasteiger partial charge in [0.25, 0.3) is 0 Å². The van der Waals surface area contributed by atoms with Crippen LogP contribution in [0.4, 0.5) is 0 Å². The van der Waals surface area contributed by atoms with Gasteiger partial charge in [0, 0.05) is 25.7 Å². The van der Waals surface area contributed by atoms with Crippen molar-refractivity contribution in [3.8, 4) is 0 Å². The molecule has 0 saturated carbocycles. The average molecular weight is 380 g/mol. The van der Waals surface area contributed by atoms with Crippen molar-refractivity contribution in [1.82, 2.24) is 10.2 Å². The predicted molar refractivity (Wildman–Crippen MR) is 96.8 cm³/mol. The normalized spacial score (nSPS) is 29.0. The fourth-order valence-electron chi connectivity index (χ4n) is 3.05. The molecule has 2 aliphatic rings. The van der Waals surface area contributed by atoms with Crippen LogP contribution in [-0.4, -0.2) is 75.4 Å². The topological polar surface area (TPSA) is 95.9 Å². The average Bonchev–Trinajstić information content (AvgIpc) is 2.77. The first-order valence-electron chi connectivity index (χ1n) is 8.40. The monoisotopic (exact) mass is 379 g/mol. The van der Waals surface area contributed by atoms with E-state index >= 15 is 0 Å². The Hall–Kier alpha value is -0.830. The molecule has 1 atom stereocenters. The number of hydrogen-bond acceptors (Lipinski definition) is 5. The second-order valence-corrected chi connectivity index (χ2v) is 12.7. The Morgan fingerprint density at radius 2 is 1.92 bits per heavy atom. The van der Waals surface area contributed by atoms with Crippen molar-refractivity contribution in [2.24, 2.45) is 10.9 Å². The molecule has 2 fully saturated rings. The Balaban J connectivity index is 2.12. The minimum atomic E-state index is -3.11. The molecule has 2 rings (SSSR count). The van der Waals surface area contributed by atoms with Gasteiger partial charge in [-0.05, 0) is 40.0 Å². The molecule has 1 unspecified atom stereocenters. The molecule has 0 aliphatic carbocycles. The van der Waals surface area contributed by atoms with Gasteiger partial charge < -0.3 is 10.2 Å². The highest BCUT2D eigenvalue weighted by Gasteiger charge is 2.41. The van der Waals surface area contributed by atoms with Crippen LogP contribution in [0.1, 0.15) is 34.1 Å². The molecule has 0 aromatic rings. The largest absolute Gasteiger partial charge is 0.354 e. The van der Waals surface area contributed by atoms with Crippen molar-refractivity contribution in [2.45, 2.75) is 44.9 Å². The molecule has 140 valence electrons. The van der Waals surface area contributed by atoms with Crippen LogP contribution < -0.4 is 5.32 Å². The van der Waals surface area contributed by atoms with Gasteiger partial charge >= 0.3 is 0 Å². The lowest BCUT2D eigenvalue weighted by molar-refractivity contribution is 0.349. The molecule has 2 heterocycles. The Morgan fingerprint density at radius 3 is 2.42 bits per heavy atom. The molecule has 0 amide bonds. The van der Waals surface area contributed by atoms with E-state index in [1.165, 1.54) is 0 Å². The van der Waals surface area contributed by atoms with Crippen LogP contribution in [0.15, 0.2) is 4.99 Å². The summed E-state index contributed by atoms with van der Waals surface area (Å²) in [6.45, 7) is 8.74. The highest BCUT2D eigenvalue weighted by atomic mass is 32.2. The van der Waals surface area contributed by atoms with E-state index in [0.717, 1.165) is 0 Å². The first-order chi connectivity index (χ1) is 10.9. The zero-order valence-corrected chi connectivity index (χ0v) is 16.6. The van der Waals surface area contributed by atoms with E-state index < -0.39 is 24.4 Å². The van der Waals surface area contributed by atoms with E-state index in [1.54, 1.807) is 13.8 Å². The molecule has 24 heavy (non-hydrogen) atoms. The fraction of sp³-hybridized carbons (Fsp3) is 0.933. The molecule has 0 radical (unpaired) electrons. The Bertz CT molecular complexity index is 696. The van der Waals surface area contributed by atoms with Gasteiger partial charge in [-0.2, -0.15) is 0 Å². The molecule has 1 N–H and O–H groups in total. The standard InChI is InChI=1S/C15H29N3O4S2/c1-12(2)17-14(16-9-13-5-7-23(19,20)10-13)18-6-8-24(21,22)15(3,4)11-18/h12-13H,5-11H2,1-4H3,(H,16,17). The summed E-state index contributed by atoms with van der Waals surface area (Å²) in [5.41, 5.74) is 0. The third kappa shape index (κ3) is 4.62. The van der Waals surface area contributed by atoms with Crippen molar-refractivity contribution >= 4 is 25.6 Å². The minimum absolute atomic E-state index is 0.0560. The summed E-state index contributed by atoms with van der Waals surface area (Å²) in [6.07, 6.45) is 0.653.